The number of halogens is 4. The van der Waals surface area contributed by atoms with Crippen molar-refractivity contribution in [2.75, 3.05) is 0 Å². The van der Waals surface area contributed by atoms with Crippen LogP contribution in [0.15, 0.2) is 54.6 Å². The average molecular weight is 486 g/mol. The summed E-state index contributed by atoms with van der Waals surface area (Å²) in [4.78, 5) is 0. The van der Waals surface area contributed by atoms with Gasteiger partial charge in [-0.2, -0.15) is 0 Å². The molecule has 0 aliphatic carbocycles. The molecular weight excluding hydrogens is 468 g/mol. The number of benzene rings is 2. The van der Waals surface area contributed by atoms with Crippen LogP contribution in [0.25, 0.3) is 0 Å². The third kappa shape index (κ3) is 4.35. The van der Waals surface area contributed by atoms with Crippen molar-refractivity contribution in [2.45, 2.75) is 29.7 Å². The van der Waals surface area contributed by atoms with Crippen molar-refractivity contribution in [3.05, 3.63) is 69.3 Å². The van der Waals surface area contributed by atoms with E-state index in [1.807, 2.05) is 0 Å². The van der Waals surface area contributed by atoms with Crippen LogP contribution in [0.3, 0.4) is 0 Å². The number of hydrogen-bond donors (Lipinski definition) is 0. The fourth-order valence-electron chi connectivity index (χ4n) is 2.16. The third-order valence-electron chi connectivity index (χ3n) is 3.58. The van der Waals surface area contributed by atoms with Crippen molar-refractivity contribution in [3.63, 3.8) is 0 Å². The first-order valence-electron chi connectivity index (χ1n) is 7.29. The Labute approximate surface area is 153 Å². The summed E-state index contributed by atoms with van der Waals surface area (Å²) in [6, 6.07) is 15.7. The van der Waals surface area contributed by atoms with Gasteiger partial charge < -0.3 is 0 Å². The van der Waals surface area contributed by atoms with Crippen LogP contribution in [0, 0.1) is 10.5 Å². The first-order valence-corrected chi connectivity index (χ1v) is 11.7. The molecule has 2 aromatic rings. The van der Waals surface area contributed by atoms with Gasteiger partial charge in [-0.25, -0.2) is 0 Å². The Morgan fingerprint density at radius 2 is 1.44 bits per heavy atom. The molecule has 0 bridgehead atoms. The average Bonchev–Trinajstić information content (AvgIpc) is 2.53. The maximum atomic E-state index is 12.9. The van der Waals surface area contributed by atoms with E-state index in [2.05, 4.69) is 0 Å². The predicted octanol–water partition coefficient (Wildman–Crippen LogP) is 5.39. The van der Waals surface area contributed by atoms with Gasteiger partial charge in [0.2, 0.25) is 0 Å². The van der Waals surface area contributed by atoms with Gasteiger partial charge in [0.15, 0.2) is 0 Å². The molecule has 0 radical (unpaired) electrons. The van der Waals surface area contributed by atoms with Crippen molar-refractivity contribution in [2.24, 2.45) is 0 Å². The van der Waals surface area contributed by atoms with E-state index in [0.717, 1.165) is 5.56 Å². The summed E-state index contributed by atoms with van der Waals surface area (Å²) in [6.07, 6.45) is 0. The minimum atomic E-state index is -5.68. The molecule has 0 aliphatic heterocycles. The van der Waals surface area contributed by atoms with E-state index in [1.165, 1.54) is 0 Å². The summed E-state index contributed by atoms with van der Waals surface area (Å²) >= 11 is -3.33. The first-order chi connectivity index (χ1) is 11.5. The van der Waals surface area contributed by atoms with Crippen LogP contribution in [0.4, 0.5) is 13.2 Å². The normalized spacial score (nSPS) is 13.6. The zero-order chi connectivity index (χ0) is 18.9. The molecule has 0 N–H and O–H groups in total. The van der Waals surface area contributed by atoms with Crippen LogP contribution in [-0.2, 0) is 16.1 Å². The monoisotopic (exact) mass is 486 g/mol. The Kier molecular flexibility index (Phi) is 5.85. The van der Waals surface area contributed by atoms with Crippen molar-refractivity contribution in [1.82, 2.24) is 0 Å². The zero-order valence-electron chi connectivity index (χ0n) is 13.8. The molecule has 8 heteroatoms. The Morgan fingerprint density at radius 3 is 1.96 bits per heavy atom. The van der Waals surface area contributed by atoms with Crippen molar-refractivity contribution in [3.8, 4) is 0 Å². The summed E-state index contributed by atoms with van der Waals surface area (Å²) in [5.41, 5.74) is -3.99. The van der Waals surface area contributed by atoms with Crippen LogP contribution >= 0.6 is 20.2 Å². The first kappa shape index (κ1) is 20.2. The predicted molar refractivity (Wildman–Crippen MR) is 99.4 cm³/mol. The van der Waals surface area contributed by atoms with Gasteiger partial charge in [-0.3, -0.25) is 0 Å². The van der Waals surface area contributed by atoms with Crippen LogP contribution in [0.2, 0.25) is 0 Å². The second-order valence-corrected chi connectivity index (χ2v) is 13.7. The van der Waals surface area contributed by atoms with E-state index < -0.39 is 39.3 Å². The summed E-state index contributed by atoms with van der Waals surface area (Å²) < 4.78 is 66.7. The molecule has 0 aromatic heterocycles. The summed E-state index contributed by atoms with van der Waals surface area (Å²) in [6.45, 7) is 5.20. The molecule has 2 aromatic carbocycles. The van der Waals surface area contributed by atoms with E-state index in [0.29, 0.717) is 9.13 Å². The molecule has 0 saturated carbocycles. The molecule has 0 amide bonds. The van der Waals surface area contributed by atoms with Gasteiger partial charge >= 0.3 is 153 Å². The van der Waals surface area contributed by atoms with E-state index in [-0.39, 0.29) is 0 Å². The Balaban J connectivity index is 2.60. The minimum absolute atomic E-state index is 0.549. The standard InChI is InChI=1S/C17H18F3IO3S/c1-13-9-7-8-12-15(13)21(24-25(22,23)17(18,19)20)16(2,3)14-10-5-4-6-11-14/h4-12H,1-3H3. The second kappa shape index (κ2) is 7.24. The van der Waals surface area contributed by atoms with Crippen molar-refractivity contribution < 1.29 is 24.1 Å². The Bertz CT molecular complexity index is 834. The SMILES string of the molecule is Cc1ccccc1I(OS(=O)(=O)C(F)(F)F)C(C)(C)c1ccccc1. The fraction of sp³-hybridized carbons (Fsp3) is 0.294. The van der Waals surface area contributed by atoms with Gasteiger partial charge in [-0.05, 0) is 0 Å². The molecular formula is C17H18F3IO3S. The molecule has 3 nitrogen and oxygen atoms in total. The topological polar surface area (TPSA) is 43.4 Å². The number of hydrogen-bond acceptors (Lipinski definition) is 3. The molecule has 0 spiro atoms. The second-order valence-electron chi connectivity index (χ2n) is 5.80. The molecule has 0 unspecified atom stereocenters. The molecule has 2 rings (SSSR count). The van der Waals surface area contributed by atoms with Gasteiger partial charge in [0.25, 0.3) is 0 Å². The Hall–Kier alpha value is -1.13. The van der Waals surface area contributed by atoms with Crippen molar-refractivity contribution in [1.29, 1.82) is 0 Å². The van der Waals surface area contributed by atoms with E-state index in [1.54, 1.807) is 75.4 Å². The van der Waals surface area contributed by atoms with Crippen molar-refractivity contribution >= 4 is 30.4 Å². The van der Waals surface area contributed by atoms with Gasteiger partial charge in [-0.15, -0.1) is 0 Å². The van der Waals surface area contributed by atoms with Gasteiger partial charge in [0.1, 0.15) is 0 Å². The quantitative estimate of drug-likeness (QED) is 0.324. The molecule has 0 aliphatic rings. The molecule has 138 valence electrons. The van der Waals surface area contributed by atoms with Crippen LogP contribution < -0.4 is 0 Å². The summed E-state index contributed by atoms with van der Waals surface area (Å²) in [5.74, 6) is 0. The molecule has 0 fully saturated rings. The maximum absolute atomic E-state index is 12.9. The van der Waals surface area contributed by atoms with E-state index >= 15 is 0 Å². The summed E-state index contributed by atoms with van der Waals surface area (Å²) in [7, 11) is -5.68. The van der Waals surface area contributed by atoms with Crippen LogP contribution in [-0.4, -0.2) is 13.9 Å². The van der Waals surface area contributed by atoms with E-state index in [4.69, 9.17) is 2.51 Å². The van der Waals surface area contributed by atoms with Crippen LogP contribution in [0.5, 0.6) is 0 Å². The third-order valence-corrected chi connectivity index (χ3v) is 12.3. The Morgan fingerprint density at radius 1 is 0.920 bits per heavy atom. The zero-order valence-corrected chi connectivity index (χ0v) is 16.8. The number of rotatable bonds is 5. The van der Waals surface area contributed by atoms with Crippen LogP contribution in [0.1, 0.15) is 25.0 Å². The molecule has 25 heavy (non-hydrogen) atoms. The fourth-order valence-corrected chi connectivity index (χ4v) is 10.5. The van der Waals surface area contributed by atoms with Gasteiger partial charge in [-0.1, -0.05) is 0 Å². The summed E-state index contributed by atoms with van der Waals surface area (Å²) in [5, 5.41) is 0. The van der Waals surface area contributed by atoms with Gasteiger partial charge in [0, 0.05) is 0 Å². The number of alkyl halides is 4. The molecule has 0 atom stereocenters. The molecule has 0 saturated heterocycles. The van der Waals surface area contributed by atoms with Gasteiger partial charge in [0.05, 0.1) is 0 Å². The van der Waals surface area contributed by atoms with E-state index in [9.17, 15) is 21.6 Å². The molecule has 0 heterocycles. The number of aryl methyl sites for hydroxylation is 1.